The summed E-state index contributed by atoms with van der Waals surface area (Å²) in [5.74, 6) is 0.849. The number of thioether (sulfide) groups is 1. The van der Waals surface area contributed by atoms with E-state index in [1.165, 1.54) is 37.9 Å². The standard InChI is InChI=1S/C18H22N2O5S2/c1-13(21)20-15-12-14(8-9-18(15)26-3)27(22,23)19-10-11-25-17-7-5-4-6-16(17)24-2/h4-9,12,19H,10-11H2,1-3H3,(H,20,21). The number of amides is 1. The zero-order valence-electron chi connectivity index (χ0n) is 15.3. The van der Waals surface area contributed by atoms with Gasteiger partial charge < -0.3 is 14.8 Å². The van der Waals surface area contributed by atoms with E-state index in [1.807, 2.05) is 12.3 Å². The molecule has 146 valence electrons. The Morgan fingerprint density at radius 3 is 2.48 bits per heavy atom. The van der Waals surface area contributed by atoms with E-state index in [0.29, 0.717) is 17.2 Å². The second-order valence-corrected chi connectivity index (χ2v) is 8.06. The Labute approximate surface area is 163 Å². The number of anilines is 1. The molecule has 7 nitrogen and oxygen atoms in total. The van der Waals surface area contributed by atoms with Crippen LogP contribution < -0.4 is 19.5 Å². The van der Waals surface area contributed by atoms with Crippen LogP contribution in [0, 0.1) is 0 Å². The maximum atomic E-state index is 12.5. The lowest BCUT2D eigenvalue weighted by atomic mass is 10.3. The number of hydrogen-bond donors (Lipinski definition) is 2. The molecule has 1 amide bonds. The summed E-state index contributed by atoms with van der Waals surface area (Å²) >= 11 is 1.42. The summed E-state index contributed by atoms with van der Waals surface area (Å²) in [4.78, 5) is 12.2. The van der Waals surface area contributed by atoms with E-state index >= 15 is 0 Å². The van der Waals surface area contributed by atoms with Crippen molar-refractivity contribution in [1.82, 2.24) is 4.72 Å². The van der Waals surface area contributed by atoms with E-state index in [0.717, 1.165) is 4.90 Å². The van der Waals surface area contributed by atoms with Crippen molar-refractivity contribution in [3.8, 4) is 11.5 Å². The summed E-state index contributed by atoms with van der Waals surface area (Å²) in [7, 11) is -2.20. The normalized spacial score (nSPS) is 11.1. The number of rotatable bonds is 9. The van der Waals surface area contributed by atoms with Gasteiger partial charge in [-0.05, 0) is 36.6 Å². The van der Waals surface area contributed by atoms with Crippen molar-refractivity contribution in [2.45, 2.75) is 16.7 Å². The number of nitrogens with one attached hydrogen (secondary N) is 2. The first-order valence-electron chi connectivity index (χ1n) is 8.08. The molecule has 0 atom stereocenters. The van der Waals surface area contributed by atoms with Crippen LogP contribution >= 0.6 is 11.8 Å². The third-order valence-corrected chi connectivity index (χ3v) is 5.77. The number of ether oxygens (including phenoxy) is 2. The molecule has 0 radical (unpaired) electrons. The van der Waals surface area contributed by atoms with Gasteiger partial charge in [0, 0.05) is 18.4 Å². The molecule has 9 heteroatoms. The Bertz CT molecular complexity index is 900. The van der Waals surface area contributed by atoms with Gasteiger partial charge in [-0.15, -0.1) is 11.8 Å². The highest BCUT2D eigenvalue weighted by atomic mass is 32.2. The molecule has 2 aromatic rings. The maximum absolute atomic E-state index is 12.5. The van der Waals surface area contributed by atoms with Crippen molar-refractivity contribution >= 4 is 33.4 Å². The third-order valence-electron chi connectivity index (χ3n) is 3.51. The van der Waals surface area contributed by atoms with Gasteiger partial charge in [0.15, 0.2) is 11.5 Å². The predicted molar refractivity (Wildman–Crippen MR) is 106 cm³/mol. The lowest BCUT2D eigenvalue weighted by Crippen LogP contribution is -2.28. The van der Waals surface area contributed by atoms with Crippen LogP contribution in [0.25, 0.3) is 0 Å². The van der Waals surface area contributed by atoms with Gasteiger partial charge in [0.2, 0.25) is 15.9 Å². The van der Waals surface area contributed by atoms with Crippen LogP contribution in [-0.4, -0.2) is 40.8 Å². The van der Waals surface area contributed by atoms with Gasteiger partial charge >= 0.3 is 0 Å². The van der Waals surface area contributed by atoms with Crippen LogP contribution in [-0.2, 0) is 14.8 Å². The maximum Gasteiger partial charge on any atom is 0.240 e. The molecule has 0 aliphatic rings. The minimum atomic E-state index is -3.74. The number of carbonyl (C=O) groups excluding carboxylic acids is 1. The van der Waals surface area contributed by atoms with Gasteiger partial charge in [0.1, 0.15) is 6.61 Å². The van der Waals surface area contributed by atoms with Gasteiger partial charge in [0.05, 0.1) is 17.7 Å². The van der Waals surface area contributed by atoms with Crippen molar-refractivity contribution in [3.63, 3.8) is 0 Å². The van der Waals surface area contributed by atoms with Crippen molar-refractivity contribution in [1.29, 1.82) is 0 Å². The number of carbonyl (C=O) groups is 1. The fraction of sp³-hybridized carbons (Fsp3) is 0.278. The topological polar surface area (TPSA) is 93.7 Å². The molecule has 0 aromatic heterocycles. The molecule has 0 spiro atoms. The summed E-state index contributed by atoms with van der Waals surface area (Å²) in [6.07, 6.45) is 1.85. The Morgan fingerprint density at radius 1 is 1.15 bits per heavy atom. The van der Waals surface area contributed by atoms with E-state index in [-0.39, 0.29) is 24.0 Å². The molecule has 0 fully saturated rings. The highest BCUT2D eigenvalue weighted by molar-refractivity contribution is 7.98. The molecule has 2 aromatic carbocycles. The Kier molecular flexibility index (Phi) is 7.52. The van der Waals surface area contributed by atoms with Crippen LogP contribution in [0.5, 0.6) is 11.5 Å². The fourth-order valence-electron chi connectivity index (χ4n) is 2.30. The second kappa shape index (κ2) is 9.63. The van der Waals surface area contributed by atoms with E-state index < -0.39 is 10.0 Å². The Morgan fingerprint density at radius 2 is 1.85 bits per heavy atom. The third kappa shape index (κ3) is 5.88. The van der Waals surface area contributed by atoms with Crippen molar-refractivity contribution < 1.29 is 22.7 Å². The van der Waals surface area contributed by atoms with Crippen LogP contribution in [0.2, 0.25) is 0 Å². The van der Waals surface area contributed by atoms with Gasteiger partial charge in [-0.3, -0.25) is 4.79 Å². The largest absolute Gasteiger partial charge is 0.493 e. The molecular weight excluding hydrogens is 388 g/mol. The summed E-state index contributed by atoms with van der Waals surface area (Å²) in [5, 5.41) is 2.65. The first-order chi connectivity index (χ1) is 12.9. The fourth-order valence-corrected chi connectivity index (χ4v) is 3.87. The average Bonchev–Trinajstić information content (AvgIpc) is 2.65. The lowest BCUT2D eigenvalue weighted by molar-refractivity contribution is -0.114. The highest BCUT2D eigenvalue weighted by Gasteiger charge is 2.16. The number of para-hydroxylation sites is 2. The minimum Gasteiger partial charge on any atom is -0.493 e. The van der Waals surface area contributed by atoms with Crippen LogP contribution in [0.3, 0.4) is 0 Å². The van der Waals surface area contributed by atoms with E-state index in [1.54, 1.807) is 24.3 Å². The molecule has 27 heavy (non-hydrogen) atoms. The SMILES string of the molecule is COc1ccccc1OCCNS(=O)(=O)c1ccc(SC)c(NC(C)=O)c1. The molecule has 0 aliphatic heterocycles. The molecule has 0 bridgehead atoms. The predicted octanol–water partition coefficient (Wildman–Crippen LogP) is 2.73. The molecule has 0 unspecified atom stereocenters. The molecule has 0 aliphatic carbocycles. The number of benzene rings is 2. The lowest BCUT2D eigenvalue weighted by Gasteiger charge is -2.13. The molecular formula is C18H22N2O5S2. The molecule has 0 saturated heterocycles. The van der Waals surface area contributed by atoms with Crippen LogP contribution in [0.1, 0.15) is 6.92 Å². The zero-order valence-corrected chi connectivity index (χ0v) is 16.9. The van der Waals surface area contributed by atoms with Gasteiger partial charge in [-0.1, -0.05) is 12.1 Å². The van der Waals surface area contributed by atoms with Gasteiger partial charge in [0.25, 0.3) is 0 Å². The van der Waals surface area contributed by atoms with Crippen LogP contribution in [0.4, 0.5) is 5.69 Å². The zero-order chi connectivity index (χ0) is 19.9. The summed E-state index contributed by atoms with van der Waals surface area (Å²) in [5.41, 5.74) is 0.461. The van der Waals surface area contributed by atoms with Crippen molar-refractivity contribution in [2.75, 3.05) is 31.8 Å². The van der Waals surface area contributed by atoms with Crippen LogP contribution in [0.15, 0.2) is 52.3 Å². The summed E-state index contributed by atoms with van der Waals surface area (Å²) in [6.45, 7) is 1.60. The Hall–Kier alpha value is -2.23. The van der Waals surface area contributed by atoms with E-state index in [9.17, 15) is 13.2 Å². The summed E-state index contributed by atoms with van der Waals surface area (Å²) in [6, 6.07) is 11.7. The number of sulfonamides is 1. The first-order valence-corrected chi connectivity index (χ1v) is 10.8. The molecule has 0 saturated carbocycles. The van der Waals surface area contributed by atoms with E-state index in [2.05, 4.69) is 10.0 Å². The average molecular weight is 411 g/mol. The Balaban J connectivity index is 2.02. The molecule has 2 N–H and O–H groups in total. The minimum absolute atomic E-state index is 0.0707. The van der Waals surface area contributed by atoms with Gasteiger partial charge in [-0.25, -0.2) is 13.1 Å². The highest BCUT2D eigenvalue weighted by Crippen LogP contribution is 2.28. The number of hydrogen-bond acceptors (Lipinski definition) is 6. The quantitative estimate of drug-likeness (QED) is 0.488. The first kappa shape index (κ1) is 21.1. The smallest absolute Gasteiger partial charge is 0.240 e. The van der Waals surface area contributed by atoms with Crippen molar-refractivity contribution in [2.24, 2.45) is 0 Å². The van der Waals surface area contributed by atoms with E-state index in [4.69, 9.17) is 9.47 Å². The van der Waals surface area contributed by atoms with Crippen molar-refractivity contribution in [3.05, 3.63) is 42.5 Å². The van der Waals surface area contributed by atoms with Gasteiger partial charge in [-0.2, -0.15) is 0 Å². The monoisotopic (exact) mass is 410 g/mol. The molecule has 0 heterocycles. The second-order valence-electron chi connectivity index (χ2n) is 5.44. The molecule has 2 rings (SSSR count). The summed E-state index contributed by atoms with van der Waals surface area (Å²) < 4.78 is 38.2. The number of methoxy groups -OCH3 is 1.